The van der Waals surface area contributed by atoms with Crippen LogP contribution in [0.4, 0.5) is 0 Å². The summed E-state index contributed by atoms with van der Waals surface area (Å²) in [5.41, 5.74) is 0. The van der Waals surface area contributed by atoms with Gasteiger partial charge < -0.3 is 9.84 Å². The van der Waals surface area contributed by atoms with E-state index < -0.39 is 0 Å². The first-order valence-corrected chi connectivity index (χ1v) is 5.92. The van der Waals surface area contributed by atoms with Crippen molar-refractivity contribution in [3.8, 4) is 0 Å². The number of carbonyl (C=O) groups excluding carboxylic acids is 1. The lowest BCUT2D eigenvalue weighted by atomic mass is 10.4. The van der Waals surface area contributed by atoms with E-state index in [0.29, 0.717) is 31.3 Å². The van der Waals surface area contributed by atoms with Crippen molar-refractivity contribution in [1.82, 2.24) is 20.4 Å². The third kappa shape index (κ3) is 4.95. The maximum absolute atomic E-state index is 11.4. The largest absolute Gasteiger partial charge is 0.355 e. The van der Waals surface area contributed by atoms with E-state index in [9.17, 15) is 4.79 Å². The Morgan fingerprint density at radius 1 is 1.47 bits per heavy atom. The highest BCUT2D eigenvalue weighted by atomic mass is 16.5. The predicted molar refractivity (Wildman–Crippen MR) is 63.3 cm³/mol. The van der Waals surface area contributed by atoms with Crippen molar-refractivity contribution < 1.29 is 9.32 Å². The Balaban J connectivity index is 2.33. The number of likely N-dealkylation sites (N-methyl/N-ethyl adjacent to an activating group) is 1. The van der Waals surface area contributed by atoms with Gasteiger partial charge in [0.25, 0.3) is 0 Å². The summed E-state index contributed by atoms with van der Waals surface area (Å²) in [6.07, 6.45) is 1.70. The lowest BCUT2D eigenvalue weighted by Crippen LogP contribution is -2.35. The van der Waals surface area contributed by atoms with Gasteiger partial charge in [0.2, 0.25) is 11.8 Å². The molecule has 0 bridgehead atoms. The molecule has 1 rings (SSSR count). The van der Waals surface area contributed by atoms with E-state index in [2.05, 4.69) is 15.5 Å². The van der Waals surface area contributed by atoms with Gasteiger partial charge in [-0.25, -0.2) is 0 Å². The summed E-state index contributed by atoms with van der Waals surface area (Å²) in [5.74, 6) is 1.26. The molecule has 0 atom stereocenters. The monoisotopic (exact) mass is 240 g/mol. The third-order valence-corrected chi connectivity index (χ3v) is 2.22. The van der Waals surface area contributed by atoms with Crippen LogP contribution in [0.3, 0.4) is 0 Å². The molecule has 6 heteroatoms. The summed E-state index contributed by atoms with van der Waals surface area (Å²) in [6, 6.07) is 0. The first-order chi connectivity index (χ1) is 8.15. The SMILES string of the molecule is CCCNC(=O)CN(C)Cc1nc(CC)no1. The first kappa shape index (κ1) is 13.6. The molecule has 1 heterocycles. The van der Waals surface area contributed by atoms with Crippen molar-refractivity contribution in [3.05, 3.63) is 11.7 Å². The lowest BCUT2D eigenvalue weighted by molar-refractivity contribution is -0.122. The number of carbonyl (C=O) groups is 1. The van der Waals surface area contributed by atoms with Crippen molar-refractivity contribution in [2.45, 2.75) is 33.2 Å². The highest BCUT2D eigenvalue weighted by molar-refractivity contribution is 5.77. The second-order valence-electron chi connectivity index (χ2n) is 3.98. The standard InChI is InChI=1S/C11H20N4O2/c1-4-6-12-10(16)7-15(3)8-11-13-9(5-2)14-17-11/h4-8H2,1-3H3,(H,12,16). The van der Waals surface area contributed by atoms with Crippen LogP contribution < -0.4 is 5.32 Å². The van der Waals surface area contributed by atoms with E-state index >= 15 is 0 Å². The quantitative estimate of drug-likeness (QED) is 0.755. The van der Waals surface area contributed by atoms with Crippen LogP contribution in [0, 0.1) is 0 Å². The molecule has 17 heavy (non-hydrogen) atoms. The Morgan fingerprint density at radius 2 is 2.24 bits per heavy atom. The van der Waals surface area contributed by atoms with Crippen LogP contribution in [-0.2, 0) is 17.8 Å². The number of aromatic nitrogens is 2. The van der Waals surface area contributed by atoms with Gasteiger partial charge in [0.1, 0.15) is 0 Å². The molecule has 1 aromatic heterocycles. The minimum Gasteiger partial charge on any atom is -0.355 e. The van der Waals surface area contributed by atoms with Crippen molar-refractivity contribution >= 4 is 5.91 Å². The molecule has 0 saturated carbocycles. The third-order valence-electron chi connectivity index (χ3n) is 2.22. The van der Waals surface area contributed by atoms with Crippen molar-refractivity contribution in [3.63, 3.8) is 0 Å². The highest BCUT2D eigenvalue weighted by Crippen LogP contribution is 2.01. The van der Waals surface area contributed by atoms with E-state index in [1.807, 2.05) is 25.8 Å². The number of hydrogen-bond acceptors (Lipinski definition) is 5. The molecule has 96 valence electrons. The zero-order chi connectivity index (χ0) is 12.7. The van der Waals surface area contributed by atoms with Gasteiger partial charge in [-0.2, -0.15) is 4.98 Å². The fourth-order valence-electron chi connectivity index (χ4n) is 1.35. The Labute approximate surface area is 101 Å². The first-order valence-electron chi connectivity index (χ1n) is 5.92. The van der Waals surface area contributed by atoms with Gasteiger partial charge in [0.05, 0.1) is 13.1 Å². The van der Waals surface area contributed by atoms with Crippen LogP contribution in [0.15, 0.2) is 4.52 Å². The van der Waals surface area contributed by atoms with Crippen LogP contribution >= 0.6 is 0 Å². The number of nitrogens with one attached hydrogen (secondary N) is 1. The minimum absolute atomic E-state index is 0.0181. The van der Waals surface area contributed by atoms with Gasteiger partial charge in [-0.3, -0.25) is 9.69 Å². The molecule has 0 fully saturated rings. The van der Waals surface area contributed by atoms with Crippen molar-refractivity contribution in [2.24, 2.45) is 0 Å². The Kier molecular flexibility index (Phi) is 5.62. The molecule has 0 aromatic carbocycles. The lowest BCUT2D eigenvalue weighted by Gasteiger charge is -2.13. The second-order valence-corrected chi connectivity index (χ2v) is 3.98. The molecule has 0 aliphatic heterocycles. The molecular weight excluding hydrogens is 220 g/mol. The van der Waals surface area contributed by atoms with Gasteiger partial charge >= 0.3 is 0 Å². The fourth-order valence-corrected chi connectivity index (χ4v) is 1.35. The number of amides is 1. The molecule has 6 nitrogen and oxygen atoms in total. The minimum atomic E-state index is 0.0181. The highest BCUT2D eigenvalue weighted by Gasteiger charge is 2.10. The second kappa shape index (κ2) is 7.01. The van der Waals surface area contributed by atoms with Gasteiger partial charge in [-0.15, -0.1) is 0 Å². The zero-order valence-electron chi connectivity index (χ0n) is 10.7. The Morgan fingerprint density at radius 3 is 2.82 bits per heavy atom. The maximum atomic E-state index is 11.4. The van der Waals surface area contributed by atoms with Gasteiger partial charge in [0, 0.05) is 13.0 Å². The molecule has 0 aliphatic carbocycles. The maximum Gasteiger partial charge on any atom is 0.240 e. The molecule has 0 unspecified atom stereocenters. The Bertz CT molecular complexity index is 351. The van der Waals surface area contributed by atoms with Gasteiger partial charge in [0.15, 0.2) is 5.82 Å². The van der Waals surface area contributed by atoms with E-state index in [1.54, 1.807) is 0 Å². The Hall–Kier alpha value is -1.43. The number of rotatable bonds is 7. The topological polar surface area (TPSA) is 71.3 Å². The smallest absolute Gasteiger partial charge is 0.240 e. The number of hydrogen-bond donors (Lipinski definition) is 1. The van der Waals surface area contributed by atoms with Gasteiger partial charge in [-0.1, -0.05) is 19.0 Å². The van der Waals surface area contributed by atoms with Crippen LogP contribution in [0.25, 0.3) is 0 Å². The molecule has 0 radical (unpaired) electrons. The van der Waals surface area contributed by atoms with Gasteiger partial charge in [-0.05, 0) is 13.5 Å². The molecule has 1 aromatic rings. The van der Waals surface area contributed by atoms with E-state index in [-0.39, 0.29) is 5.91 Å². The summed E-state index contributed by atoms with van der Waals surface area (Å²) < 4.78 is 5.05. The summed E-state index contributed by atoms with van der Waals surface area (Å²) in [4.78, 5) is 17.5. The van der Waals surface area contributed by atoms with Crippen molar-refractivity contribution in [2.75, 3.05) is 20.1 Å². The van der Waals surface area contributed by atoms with Crippen LogP contribution in [0.5, 0.6) is 0 Å². The predicted octanol–water partition coefficient (Wildman–Crippen LogP) is 0.590. The van der Waals surface area contributed by atoms with Crippen LogP contribution in [0.1, 0.15) is 32.0 Å². The van der Waals surface area contributed by atoms with Crippen LogP contribution in [-0.4, -0.2) is 41.1 Å². The number of nitrogens with zero attached hydrogens (tertiary/aromatic N) is 3. The molecule has 1 N–H and O–H groups in total. The number of aryl methyl sites for hydroxylation is 1. The van der Waals surface area contributed by atoms with E-state index in [1.165, 1.54) is 0 Å². The van der Waals surface area contributed by atoms with E-state index in [4.69, 9.17) is 4.52 Å². The fraction of sp³-hybridized carbons (Fsp3) is 0.727. The zero-order valence-corrected chi connectivity index (χ0v) is 10.7. The normalized spacial score (nSPS) is 10.8. The van der Waals surface area contributed by atoms with Crippen molar-refractivity contribution in [1.29, 1.82) is 0 Å². The molecule has 0 aliphatic rings. The summed E-state index contributed by atoms with van der Waals surface area (Å²) in [6.45, 7) is 5.54. The summed E-state index contributed by atoms with van der Waals surface area (Å²) in [5, 5.41) is 6.62. The average molecular weight is 240 g/mol. The molecule has 0 saturated heterocycles. The molecule has 0 spiro atoms. The van der Waals surface area contributed by atoms with Crippen LogP contribution in [0.2, 0.25) is 0 Å². The average Bonchev–Trinajstić information content (AvgIpc) is 2.73. The summed E-state index contributed by atoms with van der Waals surface area (Å²) in [7, 11) is 1.85. The van der Waals surface area contributed by atoms with E-state index in [0.717, 1.165) is 12.8 Å². The summed E-state index contributed by atoms with van der Waals surface area (Å²) >= 11 is 0. The molecular formula is C11H20N4O2. The molecule has 1 amide bonds.